The molecule has 0 aromatic heterocycles. The second-order valence-corrected chi connectivity index (χ2v) is 11.9. The quantitative estimate of drug-likeness (QED) is 0.506. The molecule has 6 rings (SSSR count). The molecule has 1 saturated heterocycles. The minimum atomic E-state index is -0.745. The standard InChI is InChI=1S/C29H32Cl2N2O5/c1-16(34)38-29-10-9-21(33(3)24(35)14-17-5-7-19(30)20(31)13-17)27-28(29)11-12-32(2)23(29)15-18-6-8-22(36-4)26(37-27)25(18)28/h5-8,13,21,23,27H,9-12,14-15H2,1-4H3/t21?,23-,27?,28+,29-/m1/s1. The van der Waals surface area contributed by atoms with Gasteiger partial charge in [-0.05, 0) is 68.6 Å². The maximum absolute atomic E-state index is 13.6. The lowest BCUT2D eigenvalue weighted by molar-refractivity contribution is -0.221. The number of hydrogen-bond acceptors (Lipinski definition) is 6. The van der Waals surface area contributed by atoms with E-state index < -0.39 is 11.0 Å². The highest BCUT2D eigenvalue weighted by atomic mass is 35.5. The van der Waals surface area contributed by atoms with Gasteiger partial charge in [0.25, 0.3) is 0 Å². The maximum Gasteiger partial charge on any atom is 0.303 e. The normalized spacial score (nSPS) is 30.7. The van der Waals surface area contributed by atoms with Gasteiger partial charge in [0.2, 0.25) is 5.91 Å². The molecule has 2 aromatic carbocycles. The summed E-state index contributed by atoms with van der Waals surface area (Å²) >= 11 is 12.3. The van der Waals surface area contributed by atoms with Crippen molar-refractivity contribution in [2.75, 3.05) is 27.7 Å². The number of halogens is 2. The monoisotopic (exact) mass is 558 g/mol. The lowest BCUT2D eigenvalue weighted by Gasteiger charge is -2.65. The van der Waals surface area contributed by atoms with Gasteiger partial charge in [0.15, 0.2) is 11.5 Å². The van der Waals surface area contributed by atoms with Gasteiger partial charge in [-0.25, -0.2) is 0 Å². The van der Waals surface area contributed by atoms with E-state index in [1.807, 2.05) is 24.1 Å². The second kappa shape index (κ2) is 9.04. The number of likely N-dealkylation sites (N-methyl/N-ethyl adjacent to an activating group) is 2. The lowest BCUT2D eigenvalue weighted by atomic mass is 9.48. The number of ether oxygens (including phenoxy) is 3. The van der Waals surface area contributed by atoms with Crippen molar-refractivity contribution in [1.29, 1.82) is 0 Å². The van der Waals surface area contributed by atoms with Crippen LogP contribution in [-0.2, 0) is 32.6 Å². The first-order valence-corrected chi connectivity index (χ1v) is 13.8. The molecule has 5 atom stereocenters. The Morgan fingerprint density at radius 3 is 2.68 bits per heavy atom. The molecule has 2 aliphatic carbocycles. The van der Waals surface area contributed by atoms with Crippen molar-refractivity contribution in [2.24, 2.45) is 0 Å². The highest BCUT2D eigenvalue weighted by molar-refractivity contribution is 6.42. The van der Waals surface area contributed by atoms with E-state index in [0.717, 1.165) is 36.3 Å². The summed E-state index contributed by atoms with van der Waals surface area (Å²) in [5.74, 6) is 1.08. The molecule has 38 heavy (non-hydrogen) atoms. The average molecular weight is 559 g/mol. The number of likely N-dealkylation sites (tertiary alicyclic amines) is 1. The first-order valence-electron chi connectivity index (χ1n) is 13.1. The van der Waals surface area contributed by atoms with E-state index in [0.29, 0.717) is 28.6 Å². The highest BCUT2D eigenvalue weighted by Gasteiger charge is 2.75. The van der Waals surface area contributed by atoms with Gasteiger partial charge in [-0.1, -0.05) is 35.3 Å². The maximum atomic E-state index is 13.6. The molecule has 202 valence electrons. The molecule has 1 spiro atoms. The molecule has 9 heteroatoms. The van der Waals surface area contributed by atoms with Crippen LogP contribution < -0.4 is 9.47 Å². The number of nitrogens with zero attached hydrogens (tertiary/aromatic N) is 2. The number of carbonyl (C=O) groups excluding carboxylic acids is 2. The zero-order valence-corrected chi connectivity index (χ0v) is 23.6. The van der Waals surface area contributed by atoms with Crippen LogP contribution in [-0.4, -0.2) is 73.2 Å². The van der Waals surface area contributed by atoms with Gasteiger partial charge in [-0.2, -0.15) is 0 Å². The van der Waals surface area contributed by atoms with Crippen molar-refractivity contribution < 1.29 is 23.8 Å². The molecule has 2 heterocycles. The van der Waals surface area contributed by atoms with Crippen molar-refractivity contribution in [3.63, 3.8) is 0 Å². The number of piperidine rings is 1. The van der Waals surface area contributed by atoms with E-state index >= 15 is 0 Å². The van der Waals surface area contributed by atoms with Gasteiger partial charge < -0.3 is 19.1 Å². The lowest BCUT2D eigenvalue weighted by Crippen LogP contribution is -2.78. The van der Waals surface area contributed by atoms with Crippen molar-refractivity contribution >= 4 is 35.1 Å². The molecule has 2 aromatic rings. The van der Waals surface area contributed by atoms with Gasteiger partial charge in [-0.3, -0.25) is 14.5 Å². The summed E-state index contributed by atoms with van der Waals surface area (Å²) in [4.78, 5) is 30.4. The zero-order valence-electron chi connectivity index (χ0n) is 22.1. The van der Waals surface area contributed by atoms with Crippen LogP contribution in [0.25, 0.3) is 0 Å². The number of hydrogen-bond donors (Lipinski definition) is 0. The summed E-state index contributed by atoms with van der Waals surface area (Å²) in [6, 6.07) is 9.18. The number of amides is 1. The van der Waals surface area contributed by atoms with Crippen LogP contribution >= 0.6 is 23.2 Å². The van der Waals surface area contributed by atoms with Crippen LogP contribution in [0.5, 0.6) is 11.5 Å². The second-order valence-electron chi connectivity index (χ2n) is 11.1. The highest BCUT2D eigenvalue weighted by Crippen LogP contribution is 2.67. The summed E-state index contributed by atoms with van der Waals surface area (Å²) in [5.41, 5.74) is 1.78. The van der Waals surface area contributed by atoms with Crippen molar-refractivity contribution in [2.45, 2.75) is 68.2 Å². The topological polar surface area (TPSA) is 68.3 Å². The number of benzene rings is 2. The number of rotatable bonds is 5. The predicted molar refractivity (Wildman–Crippen MR) is 144 cm³/mol. The summed E-state index contributed by atoms with van der Waals surface area (Å²) in [7, 11) is 5.60. The van der Waals surface area contributed by atoms with Gasteiger partial charge in [0.05, 0.1) is 41.1 Å². The van der Waals surface area contributed by atoms with E-state index in [1.165, 1.54) is 12.5 Å². The minimum Gasteiger partial charge on any atom is -0.493 e. The summed E-state index contributed by atoms with van der Waals surface area (Å²) < 4.78 is 19.0. The van der Waals surface area contributed by atoms with Crippen LogP contribution in [0.1, 0.15) is 42.9 Å². The Balaban J connectivity index is 1.44. The molecule has 2 aliphatic heterocycles. The Morgan fingerprint density at radius 2 is 1.97 bits per heavy atom. The average Bonchev–Trinajstić information content (AvgIpc) is 3.23. The van der Waals surface area contributed by atoms with Crippen LogP contribution in [0.2, 0.25) is 10.0 Å². The molecule has 0 N–H and O–H groups in total. The fourth-order valence-corrected chi connectivity index (χ4v) is 8.16. The van der Waals surface area contributed by atoms with Crippen LogP contribution in [0.3, 0.4) is 0 Å². The molecule has 4 aliphatic rings. The Labute approximate surface area is 232 Å². The Hall–Kier alpha value is -2.48. The molecule has 1 saturated carbocycles. The Kier molecular flexibility index (Phi) is 6.13. The van der Waals surface area contributed by atoms with Crippen molar-refractivity contribution in [1.82, 2.24) is 9.80 Å². The minimum absolute atomic E-state index is 0.0243. The van der Waals surface area contributed by atoms with Crippen LogP contribution in [0, 0.1) is 0 Å². The fourth-order valence-electron chi connectivity index (χ4n) is 7.84. The van der Waals surface area contributed by atoms with Crippen molar-refractivity contribution in [3.05, 3.63) is 57.1 Å². The van der Waals surface area contributed by atoms with Gasteiger partial charge in [0.1, 0.15) is 11.7 Å². The largest absolute Gasteiger partial charge is 0.493 e. The molecule has 0 radical (unpaired) electrons. The first kappa shape index (κ1) is 25.8. The molecule has 2 unspecified atom stereocenters. The van der Waals surface area contributed by atoms with Gasteiger partial charge in [0, 0.05) is 19.5 Å². The van der Waals surface area contributed by atoms with E-state index in [1.54, 1.807) is 19.2 Å². The third-order valence-electron chi connectivity index (χ3n) is 9.42. The number of esters is 1. The predicted octanol–water partition coefficient (Wildman–Crippen LogP) is 4.43. The summed E-state index contributed by atoms with van der Waals surface area (Å²) in [6.07, 6.45) is 2.65. The van der Waals surface area contributed by atoms with E-state index in [4.69, 9.17) is 37.4 Å². The Bertz CT molecular complexity index is 1330. The van der Waals surface area contributed by atoms with Crippen LogP contribution in [0.15, 0.2) is 30.3 Å². The summed E-state index contributed by atoms with van der Waals surface area (Å²) in [5, 5.41) is 0.886. The fraction of sp³-hybridized carbons (Fsp3) is 0.517. The smallest absolute Gasteiger partial charge is 0.303 e. The molecule has 2 fully saturated rings. The zero-order chi connectivity index (χ0) is 27.0. The first-order chi connectivity index (χ1) is 18.1. The van der Waals surface area contributed by atoms with E-state index in [-0.39, 0.29) is 36.5 Å². The third kappa shape index (κ3) is 3.44. The van der Waals surface area contributed by atoms with Crippen LogP contribution in [0.4, 0.5) is 0 Å². The van der Waals surface area contributed by atoms with E-state index in [9.17, 15) is 9.59 Å². The third-order valence-corrected chi connectivity index (χ3v) is 10.2. The molecule has 2 bridgehead atoms. The van der Waals surface area contributed by atoms with E-state index in [2.05, 4.69) is 18.0 Å². The molecule has 7 nitrogen and oxygen atoms in total. The molecular formula is C29H32Cl2N2O5. The van der Waals surface area contributed by atoms with Crippen molar-refractivity contribution in [3.8, 4) is 11.5 Å². The number of methoxy groups -OCH3 is 1. The molecule has 1 amide bonds. The SMILES string of the molecule is COc1ccc2c3c1OC1C(N(C)C(=O)Cc4ccc(Cl)c(Cl)c4)CC[C@@]4(OC(C)=O)[C@@H](C2)N(C)CC[C@]314. The van der Waals surface area contributed by atoms with Gasteiger partial charge in [-0.15, -0.1) is 0 Å². The molecular weight excluding hydrogens is 527 g/mol. The number of carbonyl (C=O) groups is 2. The Morgan fingerprint density at radius 1 is 1.18 bits per heavy atom. The van der Waals surface area contributed by atoms with Gasteiger partial charge >= 0.3 is 5.97 Å². The summed E-state index contributed by atoms with van der Waals surface area (Å²) in [6.45, 7) is 2.34.